The first kappa shape index (κ1) is 10.7. The first-order chi connectivity index (χ1) is 6.61. The number of anilines is 1. The second-order valence-electron chi connectivity index (χ2n) is 3.22. The fourth-order valence-electron chi connectivity index (χ4n) is 1.27. The Kier molecular flexibility index (Phi) is 3.59. The summed E-state index contributed by atoms with van der Waals surface area (Å²) < 4.78 is 0. The summed E-state index contributed by atoms with van der Waals surface area (Å²) in [5.41, 5.74) is 2.62. The van der Waals surface area contributed by atoms with E-state index in [4.69, 9.17) is 0 Å². The molecule has 0 spiro atoms. The van der Waals surface area contributed by atoms with Gasteiger partial charge >= 0.3 is 0 Å². The van der Waals surface area contributed by atoms with Gasteiger partial charge in [-0.15, -0.1) is 0 Å². The van der Waals surface area contributed by atoms with Crippen LogP contribution in [0.15, 0.2) is 12.1 Å². The Morgan fingerprint density at radius 1 is 1.36 bits per heavy atom. The highest BCUT2D eigenvalue weighted by Gasteiger charge is 2.01. The first-order valence-corrected chi connectivity index (χ1v) is 4.51. The number of aromatic nitrogens is 1. The second kappa shape index (κ2) is 4.72. The van der Waals surface area contributed by atoms with Gasteiger partial charge in [-0.25, -0.2) is 0 Å². The molecule has 1 rings (SSSR count). The molecule has 1 aromatic heterocycles. The van der Waals surface area contributed by atoms with Crippen molar-refractivity contribution >= 4 is 11.6 Å². The quantitative estimate of drug-likeness (QED) is 0.748. The van der Waals surface area contributed by atoms with Crippen LogP contribution in [0.1, 0.15) is 11.4 Å². The largest absolute Gasteiger partial charge is 0.325 e. The minimum atomic E-state index is -0.0440. The van der Waals surface area contributed by atoms with Gasteiger partial charge in [0.05, 0.1) is 6.54 Å². The minimum Gasteiger partial charge on any atom is -0.325 e. The van der Waals surface area contributed by atoms with Crippen molar-refractivity contribution in [1.82, 2.24) is 10.3 Å². The number of hydrogen-bond donors (Lipinski definition) is 2. The maximum atomic E-state index is 11.2. The lowest BCUT2D eigenvalue weighted by Gasteiger charge is -2.06. The first-order valence-electron chi connectivity index (χ1n) is 4.51. The lowest BCUT2D eigenvalue weighted by atomic mass is 10.3. The van der Waals surface area contributed by atoms with Crippen molar-refractivity contribution in [2.45, 2.75) is 13.8 Å². The number of carbonyl (C=O) groups is 1. The number of aryl methyl sites for hydroxylation is 2. The van der Waals surface area contributed by atoms with E-state index in [0.29, 0.717) is 6.54 Å². The molecule has 2 N–H and O–H groups in total. The van der Waals surface area contributed by atoms with Gasteiger partial charge in [0.15, 0.2) is 0 Å². The Bertz CT molecular complexity index is 316. The van der Waals surface area contributed by atoms with E-state index in [9.17, 15) is 4.79 Å². The molecule has 0 aliphatic carbocycles. The van der Waals surface area contributed by atoms with E-state index >= 15 is 0 Å². The average molecular weight is 193 g/mol. The lowest BCUT2D eigenvalue weighted by molar-refractivity contribution is -0.115. The van der Waals surface area contributed by atoms with Crippen LogP contribution in [-0.2, 0) is 4.79 Å². The number of nitrogens with zero attached hydrogens (tertiary/aromatic N) is 1. The van der Waals surface area contributed by atoms with Gasteiger partial charge in [-0.3, -0.25) is 9.78 Å². The summed E-state index contributed by atoms with van der Waals surface area (Å²) in [4.78, 5) is 15.5. The molecule has 4 heteroatoms. The highest BCUT2D eigenvalue weighted by atomic mass is 16.1. The van der Waals surface area contributed by atoms with E-state index < -0.39 is 0 Å². The predicted molar refractivity (Wildman–Crippen MR) is 56.3 cm³/mol. The molecular formula is C10H15N3O. The fourth-order valence-corrected chi connectivity index (χ4v) is 1.27. The van der Waals surface area contributed by atoms with Crippen LogP contribution < -0.4 is 10.6 Å². The lowest BCUT2D eigenvalue weighted by Crippen LogP contribution is -2.25. The Labute approximate surface area is 83.7 Å². The zero-order chi connectivity index (χ0) is 10.6. The molecular weight excluding hydrogens is 178 g/mol. The van der Waals surface area contributed by atoms with Gasteiger partial charge in [-0.2, -0.15) is 0 Å². The predicted octanol–water partition coefficient (Wildman–Crippen LogP) is 0.856. The Balaban J connectivity index is 2.71. The summed E-state index contributed by atoms with van der Waals surface area (Å²) >= 11 is 0. The van der Waals surface area contributed by atoms with Crippen molar-refractivity contribution in [2.24, 2.45) is 0 Å². The smallest absolute Gasteiger partial charge is 0.238 e. The molecule has 0 unspecified atom stereocenters. The molecule has 0 aliphatic heterocycles. The molecule has 0 atom stereocenters. The maximum Gasteiger partial charge on any atom is 0.238 e. The summed E-state index contributed by atoms with van der Waals surface area (Å²) in [5, 5.41) is 5.57. The third-order valence-electron chi connectivity index (χ3n) is 1.70. The normalized spacial score (nSPS) is 9.93. The monoisotopic (exact) mass is 193 g/mol. The van der Waals surface area contributed by atoms with Crippen molar-refractivity contribution < 1.29 is 4.79 Å². The summed E-state index contributed by atoms with van der Waals surface area (Å²) in [7, 11) is 1.74. The van der Waals surface area contributed by atoms with E-state index in [1.807, 2.05) is 26.0 Å². The number of hydrogen-bond acceptors (Lipinski definition) is 3. The topological polar surface area (TPSA) is 54.0 Å². The molecule has 0 fully saturated rings. The van der Waals surface area contributed by atoms with Gasteiger partial charge in [-0.1, -0.05) is 0 Å². The van der Waals surface area contributed by atoms with E-state index in [1.165, 1.54) is 0 Å². The van der Waals surface area contributed by atoms with Crippen molar-refractivity contribution in [2.75, 3.05) is 18.9 Å². The molecule has 1 heterocycles. The maximum absolute atomic E-state index is 11.2. The van der Waals surface area contributed by atoms with Gasteiger partial charge in [-0.05, 0) is 33.0 Å². The van der Waals surface area contributed by atoms with Gasteiger partial charge in [0.25, 0.3) is 0 Å². The molecule has 0 bridgehead atoms. The molecule has 14 heavy (non-hydrogen) atoms. The van der Waals surface area contributed by atoms with Crippen molar-refractivity contribution in [3.63, 3.8) is 0 Å². The number of nitrogens with one attached hydrogen (secondary N) is 2. The minimum absolute atomic E-state index is 0.0440. The van der Waals surface area contributed by atoms with E-state index in [0.717, 1.165) is 17.1 Å². The van der Waals surface area contributed by atoms with Crippen LogP contribution in [0, 0.1) is 13.8 Å². The number of carbonyl (C=O) groups excluding carboxylic acids is 1. The van der Waals surface area contributed by atoms with Crippen LogP contribution in [0.3, 0.4) is 0 Å². The highest BCUT2D eigenvalue weighted by molar-refractivity contribution is 5.92. The number of pyridine rings is 1. The standard InChI is InChI=1S/C10H15N3O/c1-7-4-9(5-8(2)12-7)13-10(14)6-11-3/h4-5,11H,6H2,1-3H3,(H,12,13,14). The zero-order valence-electron chi connectivity index (χ0n) is 8.72. The fraction of sp³-hybridized carbons (Fsp3) is 0.400. The van der Waals surface area contributed by atoms with Crippen LogP contribution in [0.25, 0.3) is 0 Å². The number of amides is 1. The van der Waals surface area contributed by atoms with Crippen molar-refractivity contribution in [3.8, 4) is 0 Å². The van der Waals surface area contributed by atoms with Gasteiger partial charge < -0.3 is 10.6 Å². The van der Waals surface area contributed by atoms with Gasteiger partial charge in [0.1, 0.15) is 0 Å². The van der Waals surface area contributed by atoms with Crippen LogP contribution in [0.2, 0.25) is 0 Å². The highest BCUT2D eigenvalue weighted by Crippen LogP contribution is 2.09. The van der Waals surface area contributed by atoms with Gasteiger partial charge in [0.2, 0.25) is 5.91 Å². The third-order valence-corrected chi connectivity index (χ3v) is 1.70. The van der Waals surface area contributed by atoms with Crippen LogP contribution in [0.5, 0.6) is 0 Å². The third kappa shape index (κ3) is 3.14. The summed E-state index contributed by atoms with van der Waals surface area (Å²) in [6.07, 6.45) is 0. The number of rotatable bonds is 3. The van der Waals surface area contributed by atoms with Gasteiger partial charge in [0, 0.05) is 17.1 Å². The molecule has 4 nitrogen and oxygen atoms in total. The van der Waals surface area contributed by atoms with E-state index in [1.54, 1.807) is 7.05 Å². The van der Waals surface area contributed by atoms with E-state index in [2.05, 4.69) is 15.6 Å². The Hall–Kier alpha value is -1.42. The summed E-state index contributed by atoms with van der Waals surface area (Å²) in [5.74, 6) is -0.0440. The van der Waals surface area contributed by atoms with Crippen LogP contribution >= 0.6 is 0 Å². The zero-order valence-corrected chi connectivity index (χ0v) is 8.72. The Morgan fingerprint density at radius 2 is 1.93 bits per heavy atom. The second-order valence-corrected chi connectivity index (χ2v) is 3.22. The SMILES string of the molecule is CNCC(=O)Nc1cc(C)nc(C)c1. The average Bonchev–Trinajstić information content (AvgIpc) is 2.01. The molecule has 1 aromatic rings. The molecule has 76 valence electrons. The molecule has 0 saturated carbocycles. The molecule has 0 aliphatic rings. The molecule has 1 amide bonds. The molecule has 0 radical (unpaired) electrons. The number of likely N-dealkylation sites (N-methyl/N-ethyl adjacent to an activating group) is 1. The van der Waals surface area contributed by atoms with Crippen LogP contribution in [-0.4, -0.2) is 24.5 Å². The summed E-state index contributed by atoms with van der Waals surface area (Å²) in [6, 6.07) is 3.70. The van der Waals surface area contributed by atoms with Crippen molar-refractivity contribution in [1.29, 1.82) is 0 Å². The molecule has 0 aromatic carbocycles. The van der Waals surface area contributed by atoms with Crippen LogP contribution in [0.4, 0.5) is 5.69 Å². The molecule has 0 saturated heterocycles. The van der Waals surface area contributed by atoms with Crippen molar-refractivity contribution in [3.05, 3.63) is 23.5 Å². The van der Waals surface area contributed by atoms with E-state index in [-0.39, 0.29) is 5.91 Å². The summed E-state index contributed by atoms with van der Waals surface area (Å²) in [6.45, 7) is 4.13. The Morgan fingerprint density at radius 3 is 2.43 bits per heavy atom.